The Hall–Kier alpha value is -7.41. The lowest BCUT2D eigenvalue weighted by Gasteiger charge is -2.28. The largest absolute Gasteiger partial charge is 0.677 e. The third-order valence-corrected chi connectivity index (χ3v) is 14.4. The van der Waals surface area contributed by atoms with Crippen molar-refractivity contribution in [3.63, 3.8) is 0 Å². The number of fused-ring (bicyclic) bond motifs is 14. The van der Waals surface area contributed by atoms with Crippen molar-refractivity contribution in [2.24, 2.45) is 5.73 Å². The van der Waals surface area contributed by atoms with Crippen LogP contribution >= 0.6 is 0 Å². The SMILES string of the molecule is COCCOc1cc(N/C=C(\N)c2ccc(/C(=C(C)\C(C)=C/C(C)=N)c3c(C)cc(C)n3B(F)F)cc2)ccc1N1CCOc2cc(C)ccc2N2CC2=C2OCCOCC3(COCCO2)CN3c2ccc(C)cc2OCC1. The number of nitrogens with zero attached hydrogens (tertiary/aromatic N) is 4. The molecule has 78 heavy (non-hydrogen) atoms. The molecule has 4 N–H and O–H groups in total. The van der Waals surface area contributed by atoms with Gasteiger partial charge in [0.2, 0.25) is 0 Å². The number of ether oxygens (including phenoxy) is 8. The van der Waals surface area contributed by atoms with Crippen molar-refractivity contribution >= 4 is 47.1 Å². The Kier molecular flexibility index (Phi) is 17.4. The maximum Gasteiger partial charge on any atom is 0.677 e. The number of allylic oxidation sites excluding steroid dienone is 3. The van der Waals surface area contributed by atoms with E-state index in [4.69, 9.17) is 49.0 Å². The van der Waals surface area contributed by atoms with Gasteiger partial charge < -0.3 is 73.5 Å². The molecule has 0 aliphatic carbocycles. The van der Waals surface area contributed by atoms with Gasteiger partial charge in [-0.1, -0.05) is 36.4 Å². The summed E-state index contributed by atoms with van der Waals surface area (Å²) in [6.07, 6.45) is 3.48. The first-order valence-corrected chi connectivity index (χ1v) is 26.6. The van der Waals surface area contributed by atoms with Crippen LogP contribution in [-0.4, -0.2) is 122 Å². The predicted octanol–water partition coefficient (Wildman–Crippen LogP) is 10.3. The van der Waals surface area contributed by atoms with E-state index in [0.29, 0.717) is 126 Å². The van der Waals surface area contributed by atoms with Crippen LogP contribution in [0, 0.1) is 33.1 Å². The van der Waals surface area contributed by atoms with Gasteiger partial charge in [0.1, 0.15) is 61.5 Å². The van der Waals surface area contributed by atoms with Crippen LogP contribution in [0.5, 0.6) is 17.2 Å². The summed E-state index contributed by atoms with van der Waals surface area (Å²) in [6.45, 7) is 19.3. The third-order valence-electron chi connectivity index (χ3n) is 14.4. The van der Waals surface area contributed by atoms with Gasteiger partial charge >= 0.3 is 13.3 Å². The molecule has 18 heteroatoms. The second-order valence-electron chi connectivity index (χ2n) is 20.4. The van der Waals surface area contributed by atoms with Crippen molar-refractivity contribution in [3.05, 3.63) is 159 Å². The number of rotatable bonds is 13. The van der Waals surface area contributed by atoms with Crippen molar-refractivity contribution < 1.29 is 46.5 Å². The average Bonchev–Trinajstić information content (AvgIpc) is 4.52. The first kappa shape index (κ1) is 55.4. The number of methoxy groups -OCH3 is 1. The van der Waals surface area contributed by atoms with Gasteiger partial charge in [0.15, 0.2) is 0 Å². The summed E-state index contributed by atoms with van der Waals surface area (Å²) >= 11 is 0. The molecule has 4 aromatic carbocycles. The summed E-state index contributed by atoms with van der Waals surface area (Å²) in [6, 6.07) is 27.8. The van der Waals surface area contributed by atoms with Gasteiger partial charge in [-0.3, -0.25) is 8.63 Å². The molecule has 6 heterocycles. The van der Waals surface area contributed by atoms with E-state index in [1.807, 2.05) is 63.2 Å². The van der Waals surface area contributed by atoms with Crippen molar-refractivity contribution in [1.29, 1.82) is 5.41 Å². The van der Waals surface area contributed by atoms with Crippen LogP contribution in [0.3, 0.4) is 0 Å². The molecule has 2 bridgehead atoms. The topological polar surface area (TPSA) is 150 Å². The van der Waals surface area contributed by atoms with Gasteiger partial charge in [-0.2, -0.15) is 0 Å². The molecular formula is C60H72BF2N7O8. The lowest BCUT2D eigenvalue weighted by molar-refractivity contribution is -0.0361. The molecule has 0 atom stereocenters. The minimum atomic E-state index is -2.74. The number of halogens is 2. The molecule has 1 aromatic heterocycles. The number of nitrogens with two attached hydrogens (primary N) is 1. The second kappa shape index (κ2) is 24.5. The third kappa shape index (κ3) is 12.8. The van der Waals surface area contributed by atoms with Crippen LogP contribution in [0.15, 0.2) is 120 Å². The quantitative estimate of drug-likeness (QED) is 0.0257. The Labute approximate surface area is 457 Å². The fraction of sp³-hybridized carbons (Fsp3) is 0.383. The Bertz CT molecular complexity index is 3100. The highest BCUT2D eigenvalue weighted by atomic mass is 19.2. The fourth-order valence-corrected chi connectivity index (χ4v) is 10.2. The first-order chi connectivity index (χ1) is 37.6. The molecule has 0 saturated carbocycles. The highest BCUT2D eigenvalue weighted by molar-refractivity contribution is 6.41. The van der Waals surface area contributed by atoms with Gasteiger partial charge in [-0.15, -0.1) is 0 Å². The molecular weight excluding hydrogens is 996 g/mol. The average molecular weight is 1070 g/mol. The van der Waals surface area contributed by atoms with Crippen LogP contribution in [-0.2, 0) is 23.7 Å². The molecule has 0 unspecified atom stereocenters. The molecule has 15 nitrogen and oxygen atoms in total. The highest BCUT2D eigenvalue weighted by Crippen LogP contribution is 2.45. The van der Waals surface area contributed by atoms with Gasteiger partial charge in [0.05, 0.1) is 75.4 Å². The van der Waals surface area contributed by atoms with Gasteiger partial charge in [0.25, 0.3) is 0 Å². The number of hydrogen-bond donors (Lipinski definition) is 3. The van der Waals surface area contributed by atoms with Crippen LogP contribution in [0.25, 0.3) is 11.3 Å². The normalized spacial score (nSPS) is 18.6. The van der Waals surface area contributed by atoms with Gasteiger partial charge in [0, 0.05) is 54.3 Å². The molecule has 3 saturated heterocycles. The maximum absolute atomic E-state index is 14.6. The summed E-state index contributed by atoms with van der Waals surface area (Å²) in [7, 11) is -1.10. The zero-order valence-electron chi connectivity index (χ0n) is 46.1. The van der Waals surface area contributed by atoms with E-state index in [9.17, 15) is 8.63 Å². The van der Waals surface area contributed by atoms with E-state index in [2.05, 4.69) is 70.3 Å². The number of benzene rings is 4. The fourth-order valence-electron chi connectivity index (χ4n) is 10.2. The van der Waals surface area contributed by atoms with Gasteiger partial charge in [-0.25, -0.2) is 0 Å². The molecule has 1 spiro atoms. The number of hydrogen-bond acceptors (Lipinski definition) is 14. The molecule has 412 valence electrons. The number of nitrogens with one attached hydrogen (secondary N) is 2. The second-order valence-corrected chi connectivity index (χ2v) is 20.4. The van der Waals surface area contributed by atoms with E-state index in [1.54, 1.807) is 39.3 Å². The number of anilines is 4. The van der Waals surface area contributed by atoms with E-state index in [0.717, 1.165) is 89.9 Å². The summed E-state index contributed by atoms with van der Waals surface area (Å²) in [4.78, 5) is 6.66. The molecule has 0 amide bonds. The molecule has 3 fully saturated rings. The molecule has 10 rings (SSSR count). The maximum atomic E-state index is 14.6. The number of aryl methyl sites for hydroxylation is 4. The van der Waals surface area contributed by atoms with Crippen molar-refractivity contribution in [2.75, 3.05) is 119 Å². The van der Waals surface area contributed by atoms with E-state index < -0.39 is 7.40 Å². The summed E-state index contributed by atoms with van der Waals surface area (Å²) in [5.41, 5.74) is 19.1. The minimum absolute atomic E-state index is 0.302. The zero-order chi connectivity index (χ0) is 55.1. The lowest BCUT2D eigenvalue weighted by Crippen LogP contribution is -2.33. The highest BCUT2D eigenvalue weighted by Gasteiger charge is 2.54. The Morgan fingerprint density at radius 1 is 0.756 bits per heavy atom. The van der Waals surface area contributed by atoms with E-state index in [1.165, 1.54) is 0 Å². The van der Waals surface area contributed by atoms with Crippen LogP contribution in [0.2, 0.25) is 0 Å². The number of aromatic nitrogens is 1. The van der Waals surface area contributed by atoms with Gasteiger partial charge in [-0.05, 0) is 136 Å². The van der Waals surface area contributed by atoms with E-state index in [-0.39, 0.29) is 5.54 Å². The summed E-state index contributed by atoms with van der Waals surface area (Å²) in [5.74, 6) is 2.61. The Balaban J connectivity index is 1.01. The van der Waals surface area contributed by atoms with Crippen LogP contribution in [0.1, 0.15) is 60.0 Å². The zero-order valence-corrected chi connectivity index (χ0v) is 46.1. The van der Waals surface area contributed by atoms with Crippen molar-refractivity contribution in [2.45, 2.75) is 54.0 Å². The first-order valence-electron chi connectivity index (χ1n) is 26.6. The summed E-state index contributed by atoms with van der Waals surface area (Å²) < 4.78 is 80.7. The predicted molar refractivity (Wildman–Crippen MR) is 306 cm³/mol. The summed E-state index contributed by atoms with van der Waals surface area (Å²) in [5, 5.41) is 11.5. The smallest absolute Gasteiger partial charge is 0.490 e. The molecule has 5 aliphatic rings. The van der Waals surface area contributed by atoms with Crippen molar-refractivity contribution in [3.8, 4) is 17.2 Å². The van der Waals surface area contributed by atoms with Crippen LogP contribution < -0.4 is 40.0 Å². The molecule has 5 aromatic rings. The Morgan fingerprint density at radius 3 is 2.03 bits per heavy atom. The van der Waals surface area contributed by atoms with Crippen LogP contribution in [0.4, 0.5) is 31.4 Å². The monoisotopic (exact) mass is 1070 g/mol. The lowest BCUT2D eigenvalue weighted by atomic mass is 9.90. The van der Waals surface area contributed by atoms with Crippen molar-refractivity contribution in [1.82, 2.24) is 4.48 Å². The molecule has 0 radical (unpaired) electrons. The van der Waals surface area contributed by atoms with E-state index >= 15 is 0 Å². The minimum Gasteiger partial charge on any atom is -0.490 e. The Morgan fingerprint density at radius 2 is 1.38 bits per heavy atom. The molecule has 5 aliphatic heterocycles. The standard InChI is InChI=1S/C60H72BF2N7O8/c1-39-9-16-51-54(29-39)74-21-19-67(20-22-75-55-30-40(2)10-17-52(55)69-36-60(69)37-72-24-27-77-59(53-35-68(51)53)78-28-25-73-38-60)50-18-15-48(33-56(50)76-26-23-71-8)66-34-49(65)46-11-13-47(14-12-46)57(45(7)41(3)31-43(5)64)58-42(4)32-44(6)70(58)61(62)63/h9-18,29-34,64,66H,19-28,35-38,65H2,1-8H3/b41-31-,49-34-,57-45+,59-53?,64-43?.